The molecule has 0 radical (unpaired) electrons. The molecule has 0 bridgehead atoms. The van der Waals surface area contributed by atoms with Gasteiger partial charge in [0.15, 0.2) is 0 Å². The van der Waals surface area contributed by atoms with Gasteiger partial charge in [-0.1, -0.05) is 6.07 Å². The molecule has 0 aliphatic heterocycles. The molecule has 2 N–H and O–H groups in total. The fourth-order valence-electron chi connectivity index (χ4n) is 2.21. The van der Waals surface area contributed by atoms with Crippen LogP contribution in [-0.4, -0.2) is 21.8 Å². The maximum Gasteiger partial charge on any atom is 0.306 e. The lowest BCUT2D eigenvalue weighted by Gasteiger charge is -2.41. The van der Waals surface area contributed by atoms with E-state index in [1.807, 2.05) is 0 Å². The molecule has 1 aromatic rings. The van der Waals surface area contributed by atoms with Crippen molar-refractivity contribution in [3.05, 3.63) is 34.1 Å². The normalized spacial score (nSPS) is 27.6. The summed E-state index contributed by atoms with van der Waals surface area (Å²) >= 11 is 3.08. The third-order valence-electron chi connectivity index (χ3n) is 3.12. The quantitative estimate of drug-likeness (QED) is 0.901. The monoisotopic (exact) mass is 302 g/mol. The second kappa shape index (κ2) is 4.38. The number of halogens is 2. The zero-order chi connectivity index (χ0) is 12.6. The van der Waals surface area contributed by atoms with Gasteiger partial charge in [-0.2, -0.15) is 0 Å². The fourth-order valence-corrected chi connectivity index (χ4v) is 2.63. The van der Waals surface area contributed by atoms with Crippen LogP contribution in [0.1, 0.15) is 18.4 Å². The SMILES string of the molecule is O=C(O)C1CC(O)(Cc2ccc(F)c(Br)c2)C1. The fraction of sp³-hybridized carbons (Fsp3) is 0.417. The smallest absolute Gasteiger partial charge is 0.306 e. The summed E-state index contributed by atoms with van der Waals surface area (Å²) in [7, 11) is 0. The standard InChI is InChI=1S/C12H12BrFO3/c13-9-3-7(1-2-10(9)14)4-12(17)5-8(6-12)11(15)16/h1-3,8,17H,4-6H2,(H,15,16). The zero-order valence-corrected chi connectivity index (χ0v) is 10.6. The van der Waals surface area contributed by atoms with Crippen molar-refractivity contribution in [2.45, 2.75) is 24.9 Å². The Morgan fingerprint density at radius 1 is 1.53 bits per heavy atom. The van der Waals surface area contributed by atoms with Crippen molar-refractivity contribution in [2.24, 2.45) is 5.92 Å². The number of carboxylic acid groups (broad SMARTS) is 1. The van der Waals surface area contributed by atoms with Crippen molar-refractivity contribution in [1.82, 2.24) is 0 Å². The summed E-state index contributed by atoms with van der Waals surface area (Å²) in [5, 5.41) is 18.8. The average molecular weight is 303 g/mol. The number of carbonyl (C=O) groups is 1. The van der Waals surface area contributed by atoms with E-state index < -0.39 is 17.5 Å². The average Bonchev–Trinajstić information content (AvgIpc) is 2.19. The second-order valence-corrected chi connectivity index (χ2v) is 5.45. The number of aliphatic carboxylic acids is 1. The molecular weight excluding hydrogens is 291 g/mol. The van der Waals surface area contributed by atoms with E-state index in [0.717, 1.165) is 5.56 Å². The van der Waals surface area contributed by atoms with Crippen molar-refractivity contribution < 1.29 is 19.4 Å². The maximum absolute atomic E-state index is 13.0. The molecule has 1 aliphatic carbocycles. The van der Waals surface area contributed by atoms with Gasteiger partial charge >= 0.3 is 5.97 Å². The maximum atomic E-state index is 13.0. The van der Waals surface area contributed by atoms with Crippen molar-refractivity contribution in [3.8, 4) is 0 Å². The van der Waals surface area contributed by atoms with Crippen LogP contribution in [0, 0.1) is 11.7 Å². The Labute approximate surface area is 106 Å². The zero-order valence-electron chi connectivity index (χ0n) is 8.99. The highest BCUT2D eigenvalue weighted by atomic mass is 79.9. The van der Waals surface area contributed by atoms with Crippen molar-refractivity contribution in [1.29, 1.82) is 0 Å². The first-order chi connectivity index (χ1) is 7.89. The van der Waals surface area contributed by atoms with E-state index in [9.17, 15) is 14.3 Å². The van der Waals surface area contributed by atoms with Gasteiger partial charge in [0.2, 0.25) is 0 Å². The molecule has 0 atom stereocenters. The number of benzene rings is 1. The molecule has 0 amide bonds. The molecule has 0 unspecified atom stereocenters. The Hall–Kier alpha value is -0.940. The number of hydrogen-bond donors (Lipinski definition) is 2. The molecule has 1 aliphatic rings. The molecular formula is C12H12BrFO3. The first-order valence-electron chi connectivity index (χ1n) is 5.29. The van der Waals surface area contributed by atoms with E-state index in [4.69, 9.17) is 5.11 Å². The van der Waals surface area contributed by atoms with Gasteiger partial charge in [-0.05, 0) is 46.5 Å². The molecule has 17 heavy (non-hydrogen) atoms. The van der Waals surface area contributed by atoms with Crippen LogP contribution in [0.5, 0.6) is 0 Å². The Morgan fingerprint density at radius 3 is 2.71 bits per heavy atom. The van der Waals surface area contributed by atoms with Gasteiger partial charge < -0.3 is 10.2 Å². The first-order valence-corrected chi connectivity index (χ1v) is 6.08. The van der Waals surface area contributed by atoms with Crippen LogP contribution in [-0.2, 0) is 11.2 Å². The minimum atomic E-state index is -0.958. The minimum Gasteiger partial charge on any atom is -0.481 e. The molecule has 3 nitrogen and oxygen atoms in total. The predicted octanol–water partition coefficient (Wildman–Crippen LogP) is 2.36. The van der Waals surface area contributed by atoms with Gasteiger partial charge in [0, 0.05) is 6.42 Å². The van der Waals surface area contributed by atoms with Crippen molar-refractivity contribution in [2.75, 3.05) is 0 Å². The van der Waals surface area contributed by atoms with E-state index in [2.05, 4.69) is 15.9 Å². The molecule has 92 valence electrons. The Kier molecular flexibility index (Phi) is 3.23. The van der Waals surface area contributed by atoms with Crippen LogP contribution in [0.25, 0.3) is 0 Å². The van der Waals surface area contributed by atoms with Gasteiger partial charge in [0.25, 0.3) is 0 Å². The lowest BCUT2D eigenvalue weighted by atomic mass is 9.68. The highest BCUT2D eigenvalue weighted by Crippen LogP contribution is 2.40. The summed E-state index contributed by atoms with van der Waals surface area (Å²) in [5.41, 5.74) is -0.162. The highest BCUT2D eigenvalue weighted by Gasteiger charge is 2.46. The topological polar surface area (TPSA) is 57.5 Å². The predicted molar refractivity (Wildman–Crippen MR) is 63.1 cm³/mol. The lowest BCUT2D eigenvalue weighted by Crippen LogP contribution is -2.48. The van der Waals surface area contributed by atoms with Crippen LogP contribution in [0.3, 0.4) is 0 Å². The van der Waals surface area contributed by atoms with E-state index in [-0.39, 0.29) is 18.7 Å². The molecule has 0 heterocycles. The molecule has 2 rings (SSSR count). The van der Waals surface area contributed by atoms with Crippen LogP contribution in [0.4, 0.5) is 4.39 Å². The first kappa shape index (κ1) is 12.5. The summed E-state index contributed by atoms with van der Waals surface area (Å²) in [4.78, 5) is 10.7. The van der Waals surface area contributed by atoms with Crippen LogP contribution < -0.4 is 0 Å². The lowest BCUT2D eigenvalue weighted by molar-refractivity contribution is -0.158. The summed E-state index contributed by atoms with van der Waals surface area (Å²) < 4.78 is 13.4. The summed E-state index contributed by atoms with van der Waals surface area (Å²) in [5.74, 6) is -1.67. The van der Waals surface area contributed by atoms with E-state index in [1.165, 1.54) is 6.07 Å². The highest BCUT2D eigenvalue weighted by molar-refractivity contribution is 9.10. The molecule has 1 aromatic carbocycles. The third kappa shape index (κ3) is 2.66. The van der Waals surface area contributed by atoms with Crippen LogP contribution in [0.15, 0.2) is 22.7 Å². The van der Waals surface area contributed by atoms with Gasteiger partial charge in [-0.3, -0.25) is 4.79 Å². The van der Waals surface area contributed by atoms with Crippen LogP contribution >= 0.6 is 15.9 Å². The number of aliphatic hydroxyl groups is 1. The summed E-state index contributed by atoms with van der Waals surface area (Å²) in [6, 6.07) is 4.55. The van der Waals surface area contributed by atoms with Crippen molar-refractivity contribution in [3.63, 3.8) is 0 Å². The number of rotatable bonds is 3. The molecule has 0 saturated heterocycles. The number of hydrogen-bond acceptors (Lipinski definition) is 2. The van der Waals surface area contributed by atoms with E-state index in [0.29, 0.717) is 10.9 Å². The van der Waals surface area contributed by atoms with Gasteiger partial charge in [-0.25, -0.2) is 4.39 Å². The Balaban J connectivity index is 2.02. The second-order valence-electron chi connectivity index (χ2n) is 4.59. The number of carboxylic acids is 1. The molecule has 0 aromatic heterocycles. The minimum absolute atomic E-state index is 0.261. The molecule has 1 saturated carbocycles. The van der Waals surface area contributed by atoms with E-state index in [1.54, 1.807) is 12.1 Å². The summed E-state index contributed by atoms with van der Waals surface area (Å²) in [6.45, 7) is 0. The van der Waals surface area contributed by atoms with Crippen LogP contribution in [0.2, 0.25) is 0 Å². The Morgan fingerprint density at radius 2 is 2.18 bits per heavy atom. The Bertz CT molecular complexity index is 455. The summed E-state index contributed by atoms with van der Waals surface area (Å²) in [6.07, 6.45) is 0.879. The molecule has 0 spiro atoms. The third-order valence-corrected chi connectivity index (χ3v) is 3.73. The largest absolute Gasteiger partial charge is 0.481 e. The van der Waals surface area contributed by atoms with Gasteiger partial charge in [0.05, 0.1) is 16.0 Å². The van der Waals surface area contributed by atoms with Crippen molar-refractivity contribution >= 4 is 21.9 Å². The van der Waals surface area contributed by atoms with E-state index >= 15 is 0 Å². The van der Waals surface area contributed by atoms with Gasteiger partial charge in [-0.15, -0.1) is 0 Å². The molecule has 1 fully saturated rings. The molecule has 5 heteroatoms. The van der Waals surface area contributed by atoms with Gasteiger partial charge in [0.1, 0.15) is 5.82 Å².